The van der Waals surface area contributed by atoms with E-state index in [0.29, 0.717) is 37.0 Å². The van der Waals surface area contributed by atoms with Crippen LogP contribution in [-0.2, 0) is 11.0 Å². The number of halogens is 4. The number of thiazole rings is 1. The molecule has 6 nitrogen and oxygen atoms in total. The fourth-order valence-corrected chi connectivity index (χ4v) is 4.30. The van der Waals surface area contributed by atoms with Gasteiger partial charge >= 0.3 is 6.18 Å². The third-order valence-electron chi connectivity index (χ3n) is 4.98. The number of benzene rings is 1. The molecule has 0 aliphatic carbocycles. The molecule has 3 heterocycles. The SMILES string of the molecule is O=C(/C=C/c1c(Cl)nc2sccn12)N1CCN(C(=O)c2ccc(C(F)(F)F)cc2)CC1. The number of aromatic nitrogens is 2. The third-order valence-corrected chi connectivity index (χ3v) is 6.01. The number of carbonyl (C=O) groups is 2. The number of amides is 2. The largest absolute Gasteiger partial charge is 0.416 e. The number of hydrogen-bond acceptors (Lipinski definition) is 4. The Bertz CT molecular complexity index is 1150. The van der Waals surface area contributed by atoms with Gasteiger partial charge in [-0.05, 0) is 30.3 Å². The lowest BCUT2D eigenvalue weighted by atomic mass is 10.1. The Hall–Kier alpha value is -2.85. The van der Waals surface area contributed by atoms with Gasteiger partial charge in [-0.2, -0.15) is 13.2 Å². The molecule has 2 amide bonds. The van der Waals surface area contributed by atoms with E-state index in [4.69, 9.17) is 11.6 Å². The predicted molar refractivity (Wildman–Crippen MR) is 111 cm³/mol. The molecule has 3 aromatic rings. The molecule has 0 radical (unpaired) electrons. The predicted octanol–water partition coefficient (Wildman–Crippen LogP) is 4.07. The molecule has 0 atom stereocenters. The van der Waals surface area contributed by atoms with Crippen LogP contribution in [0.2, 0.25) is 5.15 Å². The van der Waals surface area contributed by atoms with Gasteiger partial charge in [0.05, 0.1) is 11.3 Å². The van der Waals surface area contributed by atoms with Crippen LogP contribution in [0.15, 0.2) is 41.9 Å². The van der Waals surface area contributed by atoms with Crippen molar-refractivity contribution in [1.82, 2.24) is 19.2 Å². The zero-order valence-corrected chi connectivity index (χ0v) is 17.5. The van der Waals surface area contributed by atoms with E-state index in [-0.39, 0.29) is 17.4 Å². The highest BCUT2D eigenvalue weighted by atomic mass is 35.5. The fraction of sp³-hybridized carbons (Fsp3) is 0.250. The van der Waals surface area contributed by atoms with Crippen LogP contribution in [0.1, 0.15) is 21.6 Å². The monoisotopic (exact) mass is 468 g/mol. The first-order chi connectivity index (χ1) is 14.7. The molecule has 31 heavy (non-hydrogen) atoms. The summed E-state index contributed by atoms with van der Waals surface area (Å²) in [5.41, 5.74) is -0.00511. The van der Waals surface area contributed by atoms with E-state index in [1.54, 1.807) is 15.4 Å². The first kappa shape index (κ1) is 21.4. The van der Waals surface area contributed by atoms with Crippen molar-refractivity contribution in [2.45, 2.75) is 6.18 Å². The summed E-state index contributed by atoms with van der Waals surface area (Å²) < 4.78 is 39.8. The number of hydrogen-bond donors (Lipinski definition) is 0. The number of fused-ring (bicyclic) bond motifs is 1. The van der Waals surface area contributed by atoms with E-state index < -0.39 is 11.7 Å². The molecule has 0 N–H and O–H groups in total. The van der Waals surface area contributed by atoms with Gasteiger partial charge in [-0.15, -0.1) is 11.3 Å². The first-order valence-corrected chi connectivity index (χ1v) is 10.5. The van der Waals surface area contributed by atoms with Gasteiger partial charge in [-0.3, -0.25) is 14.0 Å². The van der Waals surface area contributed by atoms with Crippen molar-refractivity contribution in [3.63, 3.8) is 0 Å². The molecule has 11 heteroatoms. The fourth-order valence-electron chi connectivity index (χ4n) is 3.30. The Morgan fingerprint density at radius 2 is 1.71 bits per heavy atom. The standard InChI is InChI=1S/C20H16ClF3N4O2S/c21-17-15(28-11-12-31-19(28)25-17)5-6-16(29)26-7-9-27(10-8-26)18(30)13-1-3-14(4-2-13)20(22,23)24/h1-6,11-12H,7-10H2/b6-5+. The van der Waals surface area contributed by atoms with E-state index in [2.05, 4.69) is 4.98 Å². The van der Waals surface area contributed by atoms with Gasteiger partial charge in [-0.25, -0.2) is 4.98 Å². The van der Waals surface area contributed by atoms with Gasteiger partial charge in [0.25, 0.3) is 5.91 Å². The van der Waals surface area contributed by atoms with E-state index in [1.807, 2.05) is 11.6 Å². The van der Waals surface area contributed by atoms with Crippen LogP contribution in [0.25, 0.3) is 11.0 Å². The Labute approximate surface area is 184 Å². The normalized spacial score (nSPS) is 15.2. The minimum absolute atomic E-state index is 0.183. The first-order valence-electron chi connectivity index (χ1n) is 9.28. The van der Waals surface area contributed by atoms with Crippen LogP contribution in [0.4, 0.5) is 13.2 Å². The van der Waals surface area contributed by atoms with Crippen molar-refractivity contribution in [3.8, 4) is 0 Å². The highest BCUT2D eigenvalue weighted by Gasteiger charge is 2.31. The van der Waals surface area contributed by atoms with Crippen LogP contribution < -0.4 is 0 Å². The summed E-state index contributed by atoms with van der Waals surface area (Å²) in [5, 5.41) is 2.17. The molecule has 1 aliphatic rings. The number of imidazole rings is 1. The maximum absolute atomic E-state index is 12.7. The van der Waals surface area contributed by atoms with Crippen molar-refractivity contribution in [1.29, 1.82) is 0 Å². The Morgan fingerprint density at radius 1 is 1.06 bits per heavy atom. The molecular weight excluding hydrogens is 453 g/mol. The average molecular weight is 469 g/mol. The van der Waals surface area contributed by atoms with Crippen molar-refractivity contribution < 1.29 is 22.8 Å². The summed E-state index contributed by atoms with van der Waals surface area (Å²) >= 11 is 7.55. The second kappa shape index (κ2) is 8.35. The van der Waals surface area contributed by atoms with Crippen molar-refractivity contribution in [2.75, 3.05) is 26.2 Å². The zero-order chi connectivity index (χ0) is 22.2. The molecule has 0 unspecified atom stereocenters. The molecular formula is C20H16ClF3N4O2S. The van der Waals surface area contributed by atoms with Crippen molar-refractivity contribution in [2.24, 2.45) is 0 Å². The summed E-state index contributed by atoms with van der Waals surface area (Å²) in [6.07, 6.45) is 0.392. The topological polar surface area (TPSA) is 57.9 Å². The van der Waals surface area contributed by atoms with E-state index in [1.165, 1.54) is 34.4 Å². The lowest BCUT2D eigenvalue weighted by Crippen LogP contribution is -2.50. The molecule has 1 saturated heterocycles. The van der Waals surface area contributed by atoms with Crippen LogP contribution in [0.3, 0.4) is 0 Å². The highest BCUT2D eigenvalue weighted by molar-refractivity contribution is 7.15. The minimum Gasteiger partial charge on any atom is -0.336 e. The Kier molecular flexibility index (Phi) is 5.76. The third kappa shape index (κ3) is 4.45. The summed E-state index contributed by atoms with van der Waals surface area (Å²) in [6.45, 7) is 1.23. The summed E-state index contributed by atoms with van der Waals surface area (Å²) in [7, 11) is 0. The molecule has 0 bridgehead atoms. The maximum atomic E-state index is 12.7. The van der Waals surface area contributed by atoms with E-state index in [0.717, 1.165) is 17.1 Å². The summed E-state index contributed by atoms with van der Waals surface area (Å²) in [5.74, 6) is -0.579. The van der Waals surface area contributed by atoms with E-state index in [9.17, 15) is 22.8 Å². The molecule has 4 rings (SSSR count). The molecule has 1 aliphatic heterocycles. The van der Waals surface area contributed by atoms with Crippen LogP contribution in [0, 0.1) is 0 Å². The molecule has 1 fully saturated rings. The lowest BCUT2D eigenvalue weighted by molar-refractivity contribution is -0.137. The van der Waals surface area contributed by atoms with Gasteiger partial charge in [0.2, 0.25) is 5.91 Å². The van der Waals surface area contributed by atoms with Crippen LogP contribution in [0.5, 0.6) is 0 Å². The molecule has 0 saturated carbocycles. The zero-order valence-electron chi connectivity index (χ0n) is 16.0. The Balaban J connectivity index is 1.36. The van der Waals surface area contributed by atoms with Crippen molar-refractivity contribution >= 4 is 45.8 Å². The number of rotatable bonds is 3. The summed E-state index contributed by atoms with van der Waals surface area (Å²) in [6, 6.07) is 4.13. The average Bonchev–Trinajstić information content (AvgIpc) is 3.32. The molecule has 1 aromatic carbocycles. The molecule has 2 aromatic heterocycles. The number of carbonyl (C=O) groups excluding carboxylic acids is 2. The van der Waals surface area contributed by atoms with Crippen LogP contribution in [-0.4, -0.2) is 57.2 Å². The Morgan fingerprint density at radius 3 is 2.35 bits per heavy atom. The number of piperazine rings is 1. The maximum Gasteiger partial charge on any atom is 0.416 e. The smallest absolute Gasteiger partial charge is 0.336 e. The van der Waals surface area contributed by atoms with Gasteiger partial charge in [0.1, 0.15) is 0 Å². The lowest BCUT2D eigenvalue weighted by Gasteiger charge is -2.34. The molecule has 0 spiro atoms. The summed E-state index contributed by atoms with van der Waals surface area (Å²) in [4.78, 5) is 33.1. The van der Waals surface area contributed by atoms with Gasteiger partial charge < -0.3 is 9.80 Å². The quantitative estimate of drug-likeness (QED) is 0.545. The second-order valence-corrected chi connectivity index (χ2v) is 8.10. The minimum atomic E-state index is -4.45. The van der Waals surface area contributed by atoms with Crippen LogP contribution >= 0.6 is 22.9 Å². The van der Waals surface area contributed by atoms with Crippen molar-refractivity contribution in [3.05, 3.63) is 63.9 Å². The second-order valence-electron chi connectivity index (χ2n) is 6.87. The van der Waals surface area contributed by atoms with Gasteiger partial charge in [-0.1, -0.05) is 11.6 Å². The molecule has 162 valence electrons. The van der Waals surface area contributed by atoms with Gasteiger partial charge in [0.15, 0.2) is 10.1 Å². The highest BCUT2D eigenvalue weighted by Crippen LogP contribution is 2.29. The number of nitrogens with zero attached hydrogens (tertiary/aromatic N) is 4. The van der Waals surface area contributed by atoms with E-state index >= 15 is 0 Å². The van der Waals surface area contributed by atoms with Gasteiger partial charge in [0, 0.05) is 49.4 Å². The number of alkyl halides is 3.